The number of amides is 1. The SMILES string of the molecule is Cn1cc(S(=O)(=O)N2CCCC2)cc1C(=O)NCc1ccc(COCC(F)(F)F)cc1. The van der Waals surface area contributed by atoms with Crippen molar-refractivity contribution in [3.05, 3.63) is 53.3 Å². The number of benzene rings is 1. The van der Waals surface area contributed by atoms with Crippen LogP contribution >= 0.6 is 0 Å². The zero-order chi connectivity index (χ0) is 22.6. The minimum atomic E-state index is -4.37. The summed E-state index contributed by atoms with van der Waals surface area (Å²) < 4.78 is 69.2. The molecule has 1 saturated heterocycles. The first-order valence-corrected chi connectivity index (χ1v) is 11.2. The van der Waals surface area contributed by atoms with Gasteiger partial charge in [-0.05, 0) is 30.0 Å². The number of ether oxygens (including phenoxy) is 1. The summed E-state index contributed by atoms with van der Waals surface area (Å²) in [6.07, 6.45) is -1.29. The van der Waals surface area contributed by atoms with Crippen molar-refractivity contribution in [1.29, 1.82) is 0 Å². The summed E-state index contributed by atoms with van der Waals surface area (Å²) in [5, 5.41) is 2.72. The lowest BCUT2D eigenvalue weighted by Crippen LogP contribution is -2.27. The monoisotopic (exact) mass is 459 g/mol. The van der Waals surface area contributed by atoms with E-state index in [1.165, 1.54) is 21.1 Å². The van der Waals surface area contributed by atoms with Crippen LogP contribution in [0.4, 0.5) is 13.2 Å². The van der Waals surface area contributed by atoms with Crippen molar-refractivity contribution in [2.45, 2.75) is 37.1 Å². The zero-order valence-electron chi connectivity index (χ0n) is 17.0. The largest absolute Gasteiger partial charge is 0.411 e. The van der Waals surface area contributed by atoms with E-state index in [1.54, 1.807) is 31.3 Å². The molecule has 1 fully saturated rings. The molecular formula is C20H24F3N3O4S. The topological polar surface area (TPSA) is 80.6 Å². The Balaban J connectivity index is 1.57. The Kier molecular flexibility index (Phi) is 7.07. The molecule has 11 heteroatoms. The predicted molar refractivity (Wildman–Crippen MR) is 107 cm³/mol. The van der Waals surface area contributed by atoms with Crippen molar-refractivity contribution in [3.8, 4) is 0 Å². The quantitative estimate of drug-likeness (QED) is 0.658. The number of sulfonamides is 1. The molecule has 2 aromatic rings. The van der Waals surface area contributed by atoms with Gasteiger partial charge >= 0.3 is 6.18 Å². The Morgan fingerprint density at radius 1 is 1.13 bits per heavy atom. The summed E-state index contributed by atoms with van der Waals surface area (Å²) >= 11 is 0. The van der Waals surface area contributed by atoms with E-state index in [-0.39, 0.29) is 23.7 Å². The van der Waals surface area contributed by atoms with Crippen molar-refractivity contribution >= 4 is 15.9 Å². The Labute approximate surface area is 178 Å². The second-order valence-corrected chi connectivity index (χ2v) is 9.33. The molecule has 7 nitrogen and oxygen atoms in total. The molecule has 2 heterocycles. The Morgan fingerprint density at radius 3 is 2.35 bits per heavy atom. The van der Waals surface area contributed by atoms with Crippen LogP contribution in [0, 0.1) is 0 Å². The molecule has 0 unspecified atom stereocenters. The number of halogens is 3. The molecule has 1 aromatic carbocycles. The van der Waals surface area contributed by atoms with Gasteiger partial charge in [-0.25, -0.2) is 8.42 Å². The molecule has 0 saturated carbocycles. The summed E-state index contributed by atoms with van der Waals surface area (Å²) in [7, 11) is -2.01. The van der Waals surface area contributed by atoms with Gasteiger partial charge in [0.05, 0.1) is 6.61 Å². The maximum absolute atomic E-state index is 12.7. The zero-order valence-corrected chi connectivity index (χ0v) is 17.8. The fourth-order valence-corrected chi connectivity index (χ4v) is 4.88. The molecule has 1 aromatic heterocycles. The minimum absolute atomic E-state index is 0.0882. The summed E-state index contributed by atoms with van der Waals surface area (Å²) in [5.41, 5.74) is 1.54. The second-order valence-electron chi connectivity index (χ2n) is 7.39. The summed E-state index contributed by atoms with van der Waals surface area (Å²) in [4.78, 5) is 12.6. The van der Waals surface area contributed by atoms with E-state index in [9.17, 15) is 26.4 Å². The number of nitrogens with zero attached hydrogens (tertiary/aromatic N) is 2. The maximum atomic E-state index is 12.7. The summed E-state index contributed by atoms with van der Waals surface area (Å²) in [6.45, 7) is -0.325. The van der Waals surface area contributed by atoms with E-state index < -0.39 is 28.7 Å². The van der Waals surface area contributed by atoms with Gasteiger partial charge in [-0.2, -0.15) is 17.5 Å². The molecule has 0 radical (unpaired) electrons. The molecule has 0 aliphatic carbocycles. The minimum Gasteiger partial charge on any atom is -0.367 e. The van der Waals surface area contributed by atoms with E-state index in [1.807, 2.05) is 0 Å². The van der Waals surface area contributed by atoms with Gasteiger partial charge in [0.15, 0.2) is 0 Å². The van der Waals surface area contributed by atoms with Crippen LogP contribution in [-0.2, 0) is 35.0 Å². The second kappa shape index (κ2) is 9.41. The molecule has 0 spiro atoms. The smallest absolute Gasteiger partial charge is 0.367 e. The summed E-state index contributed by atoms with van der Waals surface area (Å²) in [6, 6.07) is 7.98. The van der Waals surface area contributed by atoms with Crippen LogP contribution < -0.4 is 5.32 Å². The Morgan fingerprint density at radius 2 is 1.74 bits per heavy atom. The fourth-order valence-electron chi connectivity index (χ4n) is 3.29. The van der Waals surface area contributed by atoms with E-state index in [2.05, 4.69) is 10.1 Å². The highest BCUT2D eigenvalue weighted by atomic mass is 32.2. The molecule has 1 amide bonds. The van der Waals surface area contributed by atoms with Crippen LogP contribution in [-0.4, -0.2) is 49.1 Å². The highest BCUT2D eigenvalue weighted by molar-refractivity contribution is 7.89. The third-order valence-corrected chi connectivity index (χ3v) is 6.79. The Hall–Kier alpha value is -2.37. The molecule has 0 bridgehead atoms. The average molecular weight is 459 g/mol. The van der Waals surface area contributed by atoms with Crippen LogP contribution in [0.2, 0.25) is 0 Å². The maximum Gasteiger partial charge on any atom is 0.411 e. The van der Waals surface area contributed by atoms with Gasteiger partial charge in [0.2, 0.25) is 10.0 Å². The first-order valence-electron chi connectivity index (χ1n) is 9.73. The van der Waals surface area contributed by atoms with Crippen LogP contribution in [0.3, 0.4) is 0 Å². The van der Waals surface area contributed by atoms with Gasteiger partial charge in [-0.15, -0.1) is 0 Å². The number of carbonyl (C=O) groups is 1. The third kappa shape index (κ3) is 6.08. The predicted octanol–water partition coefficient (Wildman–Crippen LogP) is 2.82. The average Bonchev–Trinajstić information content (AvgIpc) is 3.37. The van der Waals surface area contributed by atoms with E-state index >= 15 is 0 Å². The highest BCUT2D eigenvalue weighted by Crippen LogP contribution is 2.22. The molecule has 31 heavy (non-hydrogen) atoms. The number of nitrogens with one attached hydrogen (secondary N) is 1. The van der Waals surface area contributed by atoms with Gasteiger partial charge in [0, 0.05) is 32.9 Å². The van der Waals surface area contributed by atoms with Crippen molar-refractivity contribution < 1.29 is 31.1 Å². The lowest BCUT2D eigenvalue weighted by atomic mass is 10.1. The van der Waals surface area contributed by atoms with Crippen molar-refractivity contribution in [2.75, 3.05) is 19.7 Å². The first-order chi connectivity index (χ1) is 14.6. The van der Waals surface area contributed by atoms with Crippen molar-refractivity contribution in [3.63, 3.8) is 0 Å². The molecule has 3 rings (SSSR count). The standard InChI is InChI=1S/C20H24F3N3O4S/c1-25-12-17(31(28,29)26-8-2-3-9-26)10-18(25)19(27)24-11-15-4-6-16(7-5-15)13-30-14-20(21,22)23/h4-7,10,12H,2-3,8-9,11,13-14H2,1H3,(H,24,27). The van der Waals surface area contributed by atoms with Gasteiger partial charge in [-0.1, -0.05) is 24.3 Å². The Bertz CT molecular complexity index is 1010. The number of alkyl halides is 3. The van der Waals surface area contributed by atoms with Gasteiger partial charge in [0.1, 0.15) is 17.2 Å². The summed E-state index contributed by atoms with van der Waals surface area (Å²) in [5.74, 6) is -0.428. The lowest BCUT2D eigenvalue weighted by molar-refractivity contribution is -0.176. The fraction of sp³-hybridized carbons (Fsp3) is 0.450. The van der Waals surface area contributed by atoms with Crippen LogP contribution in [0.5, 0.6) is 0 Å². The lowest BCUT2D eigenvalue weighted by Gasteiger charge is -2.13. The number of aryl methyl sites for hydroxylation is 1. The van der Waals surface area contributed by atoms with E-state index in [4.69, 9.17) is 0 Å². The molecule has 1 aliphatic heterocycles. The third-order valence-electron chi connectivity index (χ3n) is 4.93. The van der Waals surface area contributed by atoms with Crippen LogP contribution in [0.15, 0.2) is 41.4 Å². The van der Waals surface area contributed by atoms with Crippen molar-refractivity contribution in [1.82, 2.24) is 14.2 Å². The first kappa shape index (κ1) is 23.3. The van der Waals surface area contributed by atoms with Crippen molar-refractivity contribution in [2.24, 2.45) is 7.05 Å². The molecule has 1 N–H and O–H groups in total. The molecule has 1 aliphatic rings. The molecule has 170 valence electrons. The van der Waals surface area contributed by atoms with E-state index in [0.717, 1.165) is 18.4 Å². The number of carbonyl (C=O) groups excluding carboxylic acids is 1. The number of hydrogen-bond donors (Lipinski definition) is 1. The van der Waals surface area contributed by atoms with Gasteiger partial charge < -0.3 is 14.6 Å². The highest BCUT2D eigenvalue weighted by Gasteiger charge is 2.29. The van der Waals surface area contributed by atoms with Crippen LogP contribution in [0.1, 0.15) is 34.5 Å². The van der Waals surface area contributed by atoms with E-state index in [0.29, 0.717) is 18.7 Å². The normalized spacial score (nSPS) is 15.4. The number of aromatic nitrogens is 1. The number of hydrogen-bond acceptors (Lipinski definition) is 4. The molecular weight excluding hydrogens is 435 g/mol. The van der Waals surface area contributed by atoms with Crippen LogP contribution in [0.25, 0.3) is 0 Å². The van der Waals surface area contributed by atoms with Gasteiger partial charge in [0.25, 0.3) is 5.91 Å². The van der Waals surface area contributed by atoms with Gasteiger partial charge in [-0.3, -0.25) is 4.79 Å². The number of rotatable bonds is 8. The molecule has 0 atom stereocenters.